The maximum absolute atomic E-state index is 5.91. The lowest BCUT2D eigenvalue weighted by Crippen LogP contribution is -2.30. The van der Waals surface area contributed by atoms with E-state index in [1.54, 1.807) is 12.5 Å². The number of furan rings is 1. The molecule has 0 bridgehead atoms. The molecule has 0 aliphatic carbocycles. The zero-order valence-electron chi connectivity index (χ0n) is 8.89. The van der Waals surface area contributed by atoms with Crippen LogP contribution in [0.15, 0.2) is 47.3 Å². The molecule has 1 aromatic heterocycles. The van der Waals surface area contributed by atoms with Gasteiger partial charge in [0.15, 0.2) is 0 Å². The number of rotatable bonds is 4. The maximum atomic E-state index is 5.91. The Balaban J connectivity index is 2.20. The normalized spacial score (nSPS) is 12.6. The second-order valence-electron chi connectivity index (χ2n) is 3.68. The Morgan fingerprint density at radius 1 is 1.25 bits per heavy atom. The highest BCUT2D eigenvalue weighted by Gasteiger charge is 2.13. The Morgan fingerprint density at radius 3 is 2.69 bits per heavy atom. The summed E-state index contributed by atoms with van der Waals surface area (Å²) in [6.07, 6.45) is 4.11. The molecule has 1 unspecified atom stereocenters. The van der Waals surface area contributed by atoms with E-state index >= 15 is 0 Å². The molecule has 0 aliphatic rings. The summed E-state index contributed by atoms with van der Waals surface area (Å²) in [4.78, 5) is 0. The number of benzene rings is 1. The van der Waals surface area contributed by atoms with Crippen LogP contribution in [-0.4, -0.2) is 0 Å². The minimum atomic E-state index is -0.00111. The van der Waals surface area contributed by atoms with Crippen LogP contribution in [0, 0.1) is 0 Å². The Hall–Kier alpha value is -1.78. The van der Waals surface area contributed by atoms with Crippen LogP contribution in [0.3, 0.4) is 0 Å². The van der Waals surface area contributed by atoms with Crippen LogP contribution in [0.25, 0.3) is 0 Å². The van der Waals surface area contributed by atoms with Gasteiger partial charge >= 0.3 is 0 Å². The number of para-hydroxylation sites is 1. The molecular formula is C12H15N3O. The molecule has 5 N–H and O–H groups in total. The lowest BCUT2D eigenvalue weighted by Gasteiger charge is -2.17. The van der Waals surface area contributed by atoms with E-state index in [-0.39, 0.29) is 6.04 Å². The second-order valence-corrected chi connectivity index (χ2v) is 3.68. The molecule has 0 saturated carbocycles. The Labute approximate surface area is 94.2 Å². The van der Waals surface area contributed by atoms with Crippen molar-refractivity contribution in [3.05, 3.63) is 54.0 Å². The minimum absolute atomic E-state index is 0.00111. The predicted octanol–water partition coefficient (Wildman–Crippen LogP) is 1.61. The molecule has 2 aromatic rings. The number of nitrogen functional groups attached to an aromatic ring is 1. The highest BCUT2D eigenvalue weighted by molar-refractivity contribution is 5.48. The highest BCUT2D eigenvalue weighted by Crippen LogP contribution is 2.22. The van der Waals surface area contributed by atoms with Crippen molar-refractivity contribution in [2.75, 3.05) is 5.73 Å². The van der Waals surface area contributed by atoms with Crippen molar-refractivity contribution in [3.8, 4) is 0 Å². The zero-order valence-corrected chi connectivity index (χ0v) is 8.89. The van der Waals surface area contributed by atoms with Gasteiger partial charge in [0.2, 0.25) is 0 Å². The molecule has 1 heterocycles. The van der Waals surface area contributed by atoms with E-state index in [1.165, 1.54) is 0 Å². The molecule has 0 amide bonds. The van der Waals surface area contributed by atoms with Crippen molar-refractivity contribution >= 4 is 5.69 Å². The summed E-state index contributed by atoms with van der Waals surface area (Å²) in [7, 11) is 0. The first kappa shape index (κ1) is 10.7. The Bertz CT molecular complexity index is 439. The third-order valence-corrected chi connectivity index (χ3v) is 2.59. The summed E-state index contributed by atoms with van der Waals surface area (Å²) in [5.41, 5.74) is 11.5. The summed E-state index contributed by atoms with van der Waals surface area (Å²) in [5.74, 6) is 5.55. The molecule has 0 radical (unpaired) electrons. The quantitative estimate of drug-likeness (QED) is 0.413. The summed E-state index contributed by atoms with van der Waals surface area (Å²) in [6, 6.07) is 9.62. The number of nitrogens with one attached hydrogen (secondary N) is 1. The molecule has 84 valence electrons. The van der Waals surface area contributed by atoms with Crippen molar-refractivity contribution in [2.24, 2.45) is 5.84 Å². The van der Waals surface area contributed by atoms with Gasteiger partial charge in [0.1, 0.15) is 0 Å². The van der Waals surface area contributed by atoms with Gasteiger partial charge in [-0.3, -0.25) is 11.3 Å². The van der Waals surface area contributed by atoms with Gasteiger partial charge in [-0.25, -0.2) is 0 Å². The van der Waals surface area contributed by atoms with E-state index in [9.17, 15) is 0 Å². The molecule has 1 atom stereocenters. The van der Waals surface area contributed by atoms with Gasteiger partial charge in [-0.2, -0.15) is 0 Å². The number of nitrogens with two attached hydrogens (primary N) is 2. The van der Waals surface area contributed by atoms with Crippen molar-refractivity contribution in [3.63, 3.8) is 0 Å². The van der Waals surface area contributed by atoms with Crippen molar-refractivity contribution in [1.29, 1.82) is 0 Å². The summed E-state index contributed by atoms with van der Waals surface area (Å²) < 4.78 is 5.03. The van der Waals surface area contributed by atoms with Crippen LogP contribution >= 0.6 is 0 Å². The number of anilines is 1. The van der Waals surface area contributed by atoms with Crippen molar-refractivity contribution in [1.82, 2.24) is 5.43 Å². The fourth-order valence-electron chi connectivity index (χ4n) is 1.73. The molecule has 4 heteroatoms. The van der Waals surface area contributed by atoms with Gasteiger partial charge in [-0.05, 0) is 29.7 Å². The Morgan fingerprint density at radius 2 is 2.06 bits per heavy atom. The molecule has 0 fully saturated rings. The smallest absolute Gasteiger partial charge is 0.0935 e. The van der Waals surface area contributed by atoms with Gasteiger partial charge in [-0.15, -0.1) is 0 Å². The molecule has 4 nitrogen and oxygen atoms in total. The van der Waals surface area contributed by atoms with Crippen molar-refractivity contribution in [2.45, 2.75) is 12.5 Å². The first-order valence-corrected chi connectivity index (χ1v) is 5.13. The lowest BCUT2D eigenvalue weighted by atomic mass is 10.00. The third-order valence-electron chi connectivity index (χ3n) is 2.59. The van der Waals surface area contributed by atoms with Crippen molar-refractivity contribution < 1.29 is 4.42 Å². The third kappa shape index (κ3) is 2.24. The lowest BCUT2D eigenvalue weighted by molar-refractivity contribution is 0.537. The Kier molecular flexibility index (Phi) is 3.24. The molecule has 1 aromatic carbocycles. The predicted molar refractivity (Wildman–Crippen MR) is 63.3 cm³/mol. The molecule has 0 aliphatic heterocycles. The maximum Gasteiger partial charge on any atom is 0.0935 e. The summed E-state index contributed by atoms with van der Waals surface area (Å²) >= 11 is 0. The van der Waals surface area contributed by atoms with E-state index in [0.29, 0.717) is 0 Å². The van der Waals surface area contributed by atoms with Crippen LogP contribution in [0.5, 0.6) is 0 Å². The van der Waals surface area contributed by atoms with Crippen LogP contribution in [0.2, 0.25) is 0 Å². The van der Waals surface area contributed by atoms with Crippen LogP contribution < -0.4 is 17.0 Å². The average molecular weight is 217 g/mol. The summed E-state index contributed by atoms with van der Waals surface area (Å²) in [5, 5.41) is 0. The number of hydrogen-bond donors (Lipinski definition) is 3. The van der Waals surface area contributed by atoms with E-state index in [0.717, 1.165) is 23.2 Å². The SMILES string of the molecule is NNC(Cc1ccoc1)c1ccccc1N. The van der Waals surface area contributed by atoms with Crippen LogP contribution in [-0.2, 0) is 6.42 Å². The largest absolute Gasteiger partial charge is 0.472 e. The van der Waals surface area contributed by atoms with E-state index in [1.807, 2.05) is 30.3 Å². The van der Waals surface area contributed by atoms with E-state index in [4.69, 9.17) is 16.0 Å². The van der Waals surface area contributed by atoms with Gasteiger partial charge in [-0.1, -0.05) is 18.2 Å². The molecule has 0 spiro atoms. The van der Waals surface area contributed by atoms with E-state index in [2.05, 4.69) is 5.43 Å². The van der Waals surface area contributed by atoms with E-state index < -0.39 is 0 Å². The monoisotopic (exact) mass is 217 g/mol. The van der Waals surface area contributed by atoms with Gasteiger partial charge in [0.05, 0.1) is 18.6 Å². The van der Waals surface area contributed by atoms with Crippen LogP contribution in [0.4, 0.5) is 5.69 Å². The molecular weight excluding hydrogens is 202 g/mol. The fourth-order valence-corrected chi connectivity index (χ4v) is 1.73. The molecule has 16 heavy (non-hydrogen) atoms. The molecule has 0 saturated heterocycles. The van der Waals surface area contributed by atoms with Gasteiger partial charge in [0, 0.05) is 5.69 Å². The van der Waals surface area contributed by atoms with Crippen LogP contribution in [0.1, 0.15) is 17.2 Å². The highest BCUT2D eigenvalue weighted by atomic mass is 16.3. The van der Waals surface area contributed by atoms with Gasteiger partial charge in [0.25, 0.3) is 0 Å². The zero-order chi connectivity index (χ0) is 11.4. The number of hydrogen-bond acceptors (Lipinski definition) is 4. The standard InChI is InChI=1S/C12H15N3O/c13-11-4-2-1-3-10(11)12(15-14)7-9-5-6-16-8-9/h1-6,8,12,15H,7,13-14H2. The minimum Gasteiger partial charge on any atom is -0.472 e. The average Bonchev–Trinajstić information content (AvgIpc) is 2.80. The first-order valence-electron chi connectivity index (χ1n) is 5.13. The molecule has 2 rings (SSSR count). The topological polar surface area (TPSA) is 77.2 Å². The summed E-state index contributed by atoms with van der Waals surface area (Å²) in [6.45, 7) is 0. The number of hydrazine groups is 1. The van der Waals surface area contributed by atoms with Gasteiger partial charge < -0.3 is 10.2 Å². The second kappa shape index (κ2) is 4.83. The first-order chi connectivity index (χ1) is 7.81. The fraction of sp³-hybridized carbons (Fsp3) is 0.167.